The number of aryl methyl sites for hydroxylation is 1. The summed E-state index contributed by atoms with van der Waals surface area (Å²) in [4.78, 5) is 30.0. The van der Waals surface area contributed by atoms with E-state index in [4.69, 9.17) is 21.1 Å². The highest BCUT2D eigenvalue weighted by Crippen LogP contribution is 2.34. The predicted molar refractivity (Wildman–Crippen MR) is 152 cm³/mol. The topological polar surface area (TPSA) is 82.4 Å². The van der Waals surface area contributed by atoms with E-state index >= 15 is 0 Å². The molecule has 3 aromatic carbocycles. The van der Waals surface area contributed by atoms with Gasteiger partial charge in [0.15, 0.2) is 11.5 Å². The van der Waals surface area contributed by atoms with Gasteiger partial charge in [0.25, 0.3) is 0 Å². The molecule has 1 fully saturated rings. The van der Waals surface area contributed by atoms with Crippen LogP contribution in [0.4, 0.5) is 13.2 Å². The fourth-order valence-electron chi connectivity index (χ4n) is 5.10. The monoisotopic (exact) mass is 599 g/mol. The Morgan fingerprint density at radius 1 is 1.02 bits per heavy atom. The average Bonchev–Trinajstić information content (AvgIpc) is 3.35. The Hall–Kier alpha value is -3.89. The van der Waals surface area contributed by atoms with Crippen molar-refractivity contribution in [3.8, 4) is 11.5 Å². The van der Waals surface area contributed by atoms with Crippen molar-refractivity contribution in [1.82, 2.24) is 14.9 Å². The van der Waals surface area contributed by atoms with Crippen LogP contribution in [0, 0.1) is 0 Å². The number of imidazole rings is 1. The summed E-state index contributed by atoms with van der Waals surface area (Å²) in [6, 6.07) is 18.2. The number of nitrogens with one attached hydrogen (secondary N) is 1. The van der Waals surface area contributed by atoms with E-state index < -0.39 is 23.7 Å². The number of alkyl halides is 3. The SMILES string of the molecule is O=C(c1ccccc1)c1ccc2c(nc(COc3ccc(Cl)cc3)n2CCCC2CCCCN2)c1OC(=O)C(F)(F)F. The molecule has 1 N–H and O–H groups in total. The summed E-state index contributed by atoms with van der Waals surface area (Å²) in [7, 11) is 0. The highest BCUT2D eigenvalue weighted by molar-refractivity contribution is 6.30. The van der Waals surface area contributed by atoms with E-state index in [0.29, 0.717) is 34.7 Å². The number of ketones is 1. The van der Waals surface area contributed by atoms with Gasteiger partial charge in [0.1, 0.15) is 23.7 Å². The minimum Gasteiger partial charge on any atom is -0.486 e. The smallest absolute Gasteiger partial charge is 0.486 e. The number of benzene rings is 3. The van der Waals surface area contributed by atoms with Gasteiger partial charge in [0, 0.05) is 23.2 Å². The first-order valence-corrected chi connectivity index (χ1v) is 14.1. The lowest BCUT2D eigenvalue weighted by Gasteiger charge is -2.23. The maximum Gasteiger partial charge on any atom is 0.491 e. The summed E-state index contributed by atoms with van der Waals surface area (Å²) in [6.07, 6.45) is -0.210. The highest BCUT2D eigenvalue weighted by atomic mass is 35.5. The zero-order chi connectivity index (χ0) is 29.7. The van der Waals surface area contributed by atoms with Gasteiger partial charge in [-0.15, -0.1) is 0 Å². The van der Waals surface area contributed by atoms with Crippen LogP contribution in [0.2, 0.25) is 5.02 Å². The second-order valence-corrected chi connectivity index (χ2v) is 10.5. The first-order chi connectivity index (χ1) is 20.2. The Morgan fingerprint density at radius 3 is 2.48 bits per heavy atom. The first kappa shape index (κ1) is 29.6. The number of hydrogen-bond acceptors (Lipinski definition) is 6. The molecule has 0 radical (unpaired) electrons. The maximum atomic E-state index is 13.4. The molecule has 1 atom stereocenters. The normalized spacial score (nSPS) is 15.5. The Morgan fingerprint density at radius 2 is 1.79 bits per heavy atom. The van der Waals surface area contributed by atoms with Gasteiger partial charge in [0.05, 0.1) is 11.1 Å². The molecule has 1 saturated heterocycles. The molecule has 0 bridgehead atoms. The molecule has 1 aliphatic heterocycles. The summed E-state index contributed by atoms with van der Waals surface area (Å²) in [5.41, 5.74) is 0.426. The fourth-order valence-corrected chi connectivity index (χ4v) is 5.22. The van der Waals surface area contributed by atoms with Crippen LogP contribution >= 0.6 is 11.6 Å². The summed E-state index contributed by atoms with van der Waals surface area (Å²) in [6.45, 7) is 1.45. The molecular formula is C31H29ClF3N3O4. The molecule has 42 heavy (non-hydrogen) atoms. The number of carbonyl (C=O) groups excluding carboxylic acids is 2. The van der Waals surface area contributed by atoms with Gasteiger partial charge in [-0.3, -0.25) is 4.79 Å². The lowest BCUT2D eigenvalue weighted by atomic mass is 10.0. The summed E-state index contributed by atoms with van der Waals surface area (Å²) in [5.74, 6) is -2.64. The molecule has 0 spiro atoms. The van der Waals surface area contributed by atoms with E-state index in [1.165, 1.54) is 18.2 Å². The number of rotatable bonds is 10. The Balaban J connectivity index is 1.55. The molecule has 1 aromatic heterocycles. The van der Waals surface area contributed by atoms with E-state index in [1.807, 2.05) is 4.57 Å². The summed E-state index contributed by atoms with van der Waals surface area (Å²) in [5, 5.41) is 4.06. The highest BCUT2D eigenvalue weighted by Gasteiger charge is 2.42. The molecule has 7 nitrogen and oxygen atoms in total. The van der Waals surface area contributed by atoms with Gasteiger partial charge in [-0.25, -0.2) is 9.78 Å². The van der Waals surface area contributed by atoms with Crippen LogP contribution in [0.25, 0.3) is 11.0 Å². The van der Waals surface area contributed by atoms with Crippen LogP contribution in [0.3, 0.4) is 0 Å². The summed E-state index contributed by atoms with van der Waals surface area (Å²) >= 11 is 5.98. The molecular weight excluding hydrogens is 571 g/mol. The minimum absolute atomic E-state index is 0.0212. The molecule has 0 aliphatic carbocycles. The zero-order valence-electron chi connectivity index (χ0n) is 22.6. The molecule has 0 saturated carbocycles. The number of carbonyl (C=O) groups is 2. The molecule has 1 aliphatic rings. The van der Waals surface area contributed by atoms with Gasteiger partial charge in [0.2, 0.25) is 0 Å². The molecule has 4 aromatic rings. The number of halogens is 4. The van der Waals surface area contributed by atoms with E-state index in [2.05, 4.69) is 10.3 Å². The Kier molecular flexibility index (Phi) is 9.13. The number of nitrogens with zero attached hydrogens (tertiary/aromatic N) is 2. The first-order valence-electron chi connectivity index (χ1n) is 13.7. The molecule has 220 valence electrons. The average molecular weight is 600 g/mol. The van der Waals surface area contributed by atoms with Crippen molar-refractivity contribution in [2.45, 2.75) is 57.5 Å². The molecule has 0 amide bonds. The lowest BCUT2D eigenvalue weighted by Crippen LogP contribution is -2.34. The van der Waals surface area contributed by atoms with Crippen LogP contribution in [0.1, 0.15) is 53.8 Å². The number of aromatic nitrogens is 2. The van der Waals surface area contributed by atoms with Crippen LogP contribution in [0.15, 0.2) is 66.7 Å². The van der Waals surface area contributed by atoms with Gasteiger partial charge < -0.3 is 19.4 Å². The Bertz CT molecular complexity index is 1550. The van der Waals surface area contributed by atoms with Crippen molar-refractivity contribution in [2.24, 2.45) is 0 Å². The van der Waals surface area contributed by atoms with Gasteiger partial charge in [-0.1, -0.05) is 48.4 Å². The van der Waals surface area contributed by atoms with Crippen LogP contribution < -0.4 is 14.8 Å². The van der Waals surface area contributed by atoms with Gasteiger partial charge in [-0.05, 0) is 68.6 Å². The third kappa shape index (κ3) is 6.94. The third-order valence-electron chi connectivity index (χ3n) is 7.19. The van der Waals surface area contributed by atoms with Crippen LogP contribution in [0.5, 0.6) is 11.5 Å². The number of fused-ring (bicyclic) bond motifs is 1. The van der Waals surface area contributed by atoms with Crippen molar-refractivity contribution in [1.29, 1.82) is 0 Å². The number of piperidine rings is 1. The predicted octanol–water partition coefficient (Wildman–Crippen LogP) is 6.89. The fraction of sp³-hybridized carbons (Fsp3) is 0.323. The lowest BCUT2D eigenvalue weighted by molar-refractivity contribution is -0.189. The number of esters is 1. The summed E-state index contributed by atoms with van der Waals surface area (Å²) < 4.78 is 52.7. The zero-order valence-corrected chi connectivity index (χ0v) is 23.4. The van der Waals surface area contributed by atoms with Crippen molar-refractivity contribution in [3.63, 3.8) is 0 Å². The minimum atomic E-state index is -5.27. The van der Waals surface area contributed by atoms with Gasteiger partial charge >= 0.3 is 12.1 Å². The van der Waals surface area contributed by atoms with E-state index in [1.54, 1.807) is 48.5 Å². The molecule has 5 rings (SSSR count). The maximum absolute atomic E-state index is 13.4. The molecule has 1 unspecified atom stereocenters. The second kappa shape index (κ2) is 13.0. The van der Waals surface area contributed by atoms with Crippen molar-refractivity contribution in [3.05, 3.63) is 88.7 Å². The van der Waals surface area contributed by atoms with Gasteiger partial charge in [-0.2, -0.15) is 13.2 Å². The van der Waals surface area contributed by atoms with Crippen molar-refractivity contribution in [2.75, 3.05) is 6.54 Å². The van der Waals surface area contributed by atoms with E-state index in [9.17, 15) is 22.8 Å². The molecule has 2 heterocycles. The van der Waals surface area contributed by atoms with E-state index in [0.717, 1.165) is 38.6 Å². The van der Waals surface area contributed by atoms with Crippen molar-refractivity contribution >= 4 is 34.4 Å². The number of hydrogen-bond donors (Lipinski definition) is 1. The van der Waals surface area contributed by atoms with E-state index in [-0.39, 0.29) is 23.3 Å². The largest absolute Gasteiger partial charge is 0.491 e. The quantitative estimate of drug-likeness (QED) is 0.121. The third-order valence-corrected chi connectivity index (χ3v) is 7.44. The van der Waals surface area contributed by atoms with Crippen LogP contribution in [-0.2, 0) is 17.9 Å². The van der Waals surface area contributed by atoms with Crippen LogP contribution in [-0.4, -0.2) is 40.1 Å². The standard InChI is InChI=1S/C31H29ClF3N3O4/c32-21-11-13-23(14-12-21)41-19-26-37-27-25(38(26)18-6-10-22-9-4-5-17-36-22)16-15-24(28(39)20-7-2-1-3-8-20)29(27)42-30(40)31(33,34)35/h1-3,7-8,11-16,22,36H,4-6,9-10,17-19H2. The molecule has 11 heteroatoms. The number of ether oxygens (including phenoxy) is 2. The Labute approximate surface area is 245 Å². The second-order valence-electron chi connectivity index (χ2n) is 10.1. The van der Waals surface area contributed by atoms with Crippen molar-refractivity contribution < 1.29 is 32.2 Å².